The molecule has 0 bridgehead atoms. The van der Waals surface area contributed by atoms with Crippen molar-refractivity contribution in [3.8, 4) is 11.3 Å². The lowest BCUT2D eigenvalue weighted by atomic mass is 10.1. The van der Waals surface area contributed by atoms with Gasteiger partial charge in [0.2, 0.25) is 0 Å². The van der Waals surface area contributed by atoms with Crippen molar-refractivity contribution in [3.63, 3.8) is 0 Å². The van der Waals surface area contributed by atoms with Crippen molar-refractivity contribution in [1.82, 2.24) is 15.2 Å². The van der Waals surface area contributed by atoms with E-state index in [0.717, 1.165) is 17.5 Å². The van der Waals surface area contributed by atoms with E-state index in [9.17, 15) is 13.2 Å². The number of rotatable bonds is 6. The van der Waals surface area contributed by atoms with Crippen LogP contribution in [0.4, 0.5) is 0 Å². The van der Waals surface area contributed by atoms with E-state index in [2.05, 4.69) is 10.3 Å². The Morgan fingerprint density at radius 1 is 1.04 bits per heavy atom. The van der Waals surface area contributed by atoms with Crippen molar-refractivity contribution in [2.75, 3.05) is 33.4 Å². The fourth-order valence-electron chi connectivity index (χ4n) is 2.85. The molecule has 0 aliphatic heterocycles. The number of hydrogen-bond donors (Lipinski definition) is 1. The number of amides is 1. The smallest absolute Gasteiger partial charge is 0.253 e. The van der Waals surface area contributed by atoms with Gasteiger partial charge in [-0.3, -0.25) is 4.79 Å². The number of nitrogens with one attached hydrogen (secondary N) is 1. The second-order valence-electron chi connectivity index (χ2n) is 6.93. The Balaban J connectivity index is 1.95. The second kappa shape index (κ2) is 8.08. The zero-order valence-electron chi connectivity index (χ0n) is 16.1. The summed E-state index contributed by atoms with van der Waals surface area (Å²) < 4.78 is 23.3. The highest BCUT2D eigenvalue weighted by Gasteiger charge is 2.13. The van der Waals surface area contributed by atoms with E-state index < -0.39 is 9.84 Å². The Labute approximate surface area is 165 Å². The maximum Gasteiger partial charge on any atom is 0.253 e. The number of nitrogens with zero attached hydrogens (tertiary/aromatic N) is 2. The van der Waals surface area contributed by atoms with Crippen LogP contribution in [-0.2, 0) is 9.84 Å². The van der Waals surface area contributed by atoms with Crippen LogP contribution < -0.4 is 5.32 Å². The minimum atomic E-state index is -3.25. The molecular weight excluding hydrogens is 374 g/mol. The van der Waals surface area contributed by atoms with Crippen LogP contribution in [0.25, 0.3) is 22.2 Å². The van der Waals surface area contributed by atoms with Crippen LogP contribution in [0.15, 0.2) is 59.5 Å². The lowest BCUT2D eigenvalue weighted by Gasteiger charge is -2.12. The quantitative estimate of drug-likeness (QED) is 0.692. The molecule has 146 valence electrons. The van der Waals surface area contributed by atoms with Gasteiger partial charge in [0.25, 0.3) is 5.91 Å². The molecule has 1 amide bonds. The lowest BCUT2D eigenvalue weighted by Crippen LogP contribution is -2.31. The molecule has 6 nitrogen and oxygen atoms in total. The van der Waals surface area contributed by atoms with Gasteiger partial charge in [0.1, 0.15) is 0 Å². The van der Waals surface area contributed by atoms with Crippen LogP contribution in [0, 0.1) is 0 Å². The normalized spacial score (nSPS) is 11.7. The average Bonchev–Trinajstić information content (AvgIpc) is 2.66. The summed E-state index contributed by atoms with van der Waals surface area (Å²) in [5.41, 5.74) is 2.61. The summed E-state index contributed by atoms with van der Waals surface area (Å²) in [6, 6.07) is 15.9. The number of para-hydroxylation sites is 1. The molecule has 1 N–H and O–H groups in total. The zero-order chi connectivity index (χ0) is 20.3. The number of hydrogen-bond acceptors (Lipinski definition) is 5. The molecule has 0 saturated heterocycles. The number of sulfone groups is 1. The molecule has 7 heteroatoms. The van der Waals surface area contributed by atoms with Gasteiger partial charge < -0.3 is 10.2 Å². The highest BCUT2D eigenvalue weighted by molar-refractivity contribution is 7.90. The van der Waals surface area contributed by atoms with Crippen LogP contribution in [0.5, 0.6) is 0 Å². The third-order valence-electron chi connectivity index (χ3n) is 4.39. The Morgan fingerprint density at radius 3 is 2.39 bits per heavy atom. The van der Waals surface area contributed by atoms with Crippen LogP contribution in [0.3, 0.4) is 0 Å². The molecule has 1 aromatic heterocycles. The first kappa shape index (κ1) is 20.0. The molecule has 3 rings (SSSR count). The zero-order valence-corrected chi connectivity index (χ0v) is 17.0. The number of fused-ring (bicyclic) bond motifs is 1. The molecule has 0 aliphatic carbocycles. The molecule has 0 atom stereocenters. The van der Waals surface area contributed by atoms with Gasteiger partial charge in [-0.2, -0.15) is 0 Å². The van der Waals surface area contributed by atoms with Gasteiger partial charge in [0.05, 0.1) is 21.7 Å². The number of likely N-dealkylation sites (N-methyl/N-ethyl adjacent to an activating group) is 1. The molecular formula is C21H23N3O3S. The largest absolute Gasteiger partial charge is 0.351 e. The van der Waals surface area contributed by atoms with E-state index in [1.54, 1.807) is 30.3 Å². The topological polar surface area (TPSA) is 79.4 Å². The Kier molecular flexibility index (Phi) is 5.76. The van der Waals surface area contributed by atoms with E-state index in [4.69, 9.17) is 0 Å². The summed E-state index contributed by atoms with van der Waals surface area (Å²) in [6.07, 6.45) is 1.18. The number of carbonyl (C=O) groups is 1. The Morgan fingerprint density at radius 2 is 1.75 bits per heavy atom. The van der Waals surface area contributed by atoms with Crippen molar-refractivity contribution < 1.29 is 13.2 Å². The monoisotopic (exact) mass is 397 g/mol. The Bertz CT molecular complexity index is 1110. The van der Waals surface area contributed by atoms with Crippen LogP contribution in [0.1, 0.15) is 10.4 Å². The number of pyridine rings is 1. The molecule has 28 heavy (non-hydrogen) atoms. The molecule has 0 spiro atoms. The second-order valence-corrected chi connectivity index (χ2v) is 8.95. The standard InChI is InChI=1S/C21H23N3O3S/c1-24(2)14-13-22-21(25)18-6-4-5-16-9-12-19(23-20(16)18)15-7-10-17(11-8-15)28(3,26)27/h4-12H,13-14H2,1-3H3,(H,22,25). The highest BCUT2D eigenvalue weighted by atomic mass is 32.2. The predicted molar refractivity (Wildman–Crippen MR) is 111 cm³/mol. The van der Waals surface area contributed by atoms with E-state index in [1.807, 2.05) is 43.3 Å². The molecule has 0 radical (unpaired) electrons. The summed E-state index contributed by atoms with van der Waals surface area (Å²) in [4.78, 5) is 19.5. The molecule has 2 aromatic carbocycles. The summed E-state index contributed by atoms with van der Waals surface area (Å²) in [7, 11) is 0.656. The van der Waals surface area contributed by atoms with Crippen molar-refractivity contribution in [2.24, 2.45) is 0 Å². The molecule has 0 unspecified atom stereocenters. The minimum Gasteiger partial charge on any atom is -0.351 e. The van der Waals surface area contributed by atoms with Crippen molar-refractivity contribution in [1.29, 1.82) is 0 Å². The van der Waals surface area contributed by atoms with Crippen LogP contribution >= 0.6 is 0 Å². The number of carbonyl (C=O) groups excluding carboxylic acids is 1. The predicted octanol–water partition coefficient (Wildman–Crippen LogP) is 2.60. The maximum absolute atomic E-state index is 12.6. The van der Waals surface area contributed by atoms with Gasteiger partial charge in [-0.05, 0) is 38.4 Å². The van der Waals surface area contributed by atoms with Gasteiger partial charge in [0, 0.05) is 30.3 Å². The fraction of sp³-hybridized carbons (Fsp3) is 0.238. The number of aromatic nitrogens is 1. The van der Waals surface area contributed by atoms with Crippen molar-refractivity contribution in [2.45, 2.75) is 4.90 Å². The van der Waals surface area contributed by atoms with E-state index in [-0.39, 0.29) is 10.8 Å². The average molecular weight is 398 g/mol. The lowest BCUT2D eigenvalue weighted by molar-refractivity contribution is 0.0952. The highest BCUT2D eigenvalue weighted by Crippen LogP contribution is 2.24. The van der Waals surface area contributed by atoms with Gasteiger partial charge in [-0.25, -0.2) is 13.4 Å². The van der Waals surface area contributed by atoms with Crippen LogP contribution in [-0.4, -0.2) is 57.6 Å². The van der Waals surface area contributed by atoms with E-state index in [0.29, 0.717) is 23.3 Å². The summed E-state index contributed by atoms with van der Waals surface area (Å²) in [5, 5.41) is 3.79. The summed E-state index contributed by atoms with van der Waals surface area (Å²) in [5.74, 6) is -0.162. The summed E-state index contributed by atoms with van der Waals surface area (Å²) >= 11 is 0. The van der Waals surface area contributed by atoms with Gasteiger partial charge in [-0.1, -0.05) is 30.3 Å². The van der Waals surface area contributed by atoms with Gasteiger partial charge in [-0.15, -0.1) is 0 Å². The fourth-order valence-corrected chi connectivity index (χ4v) is 3.48. The van der Waals surface area contributed by atoms with Crippen LogP contribution in [0.2, 0.25) is 0 Å². The summed E-state index contributed by atoms with van der Waals surface area (Å²) in [6.45, 7) is 1.30. The first-order valence-corrected chi connectivity index (χ1v) is 10.8. The molecule has 1 heterocycles. The molecule has 0 saturated carbocycles. The first-order valence-electron chi connectivity index (χ1n) is 8.89. The van der Waals surface area contributed by atoms with Crippen molar-refractivity contribution >= 4 is 26.6 Å². The molecule has 3 aromatic rings. The van der Waals surface area contributed by atoms with Gasteiger partial charge in [0.15, 0.2) is 9.84 Å². The maximum atomic E-state index is 12.6. The number of benzene rings is 2. The van der Waals surface area contributed by atoms with Gasteiger partial charge >= 0.3 is 0 Å². The van der Waals surface area contributed by atoms with E-state index in [1.165, 1.54) is 6.26 Å². The third kappa shape index (κ3) is 4.55. The van der Waals surface area contributed by atoms with Crippen molar-refractivity contribution in [3.05, 3.63) is 60.2 Å². The molecule has 0 aliphatic rings. The SMILES string of the molecule is CN(C)CCNC(=O)c1cccc2ccc(-c3ccc(S(C)(=O)=O)cc3)nc12. The Hall–Kier alpha value is -2.77. The third-order valence-corrected chi connectivity index (χ3v) is 5.52. The first-order chi connectivity index (χ1) is 13.3. The minimum absolute atomic E-state index is 0.162. The molecule has 0 fully saturated rings. The van der Waals surface area contributed by atoms with E-state index >= 15 is 0 Å².